The lowest BCUT2D eigenvalue weighted by Gasteiger charge is -2.31. The van der Waals surface area contributed by atoms with Crippen LogP contribution in [-0.2, 0) is 4.79 Å². The standard InChI is InChI=1S/C21H22Cl2N2O2/c22-17-3-1-15(2-4-17)21(27)16-9-12-25(13-10-16)14-11-20(26)24-19-7-5-18(23)6-8-19/h1-8,16H,9-14H2,(H,24,26). The fourth-order valence-electron chi connectivity index (χ4n) is 3.28. The van der Waals surface area contributed by atoms with Crippen LogP contribution in [0, 0.1) is 5.92 Å². The van der Waals surface area contributed by atoms with Crippen LogP contribution in [0.15, 0.2) is 48.5 Å². The number of ketones is 1. The van der Waals surface area contributed by atoms with Crippen molar-refractivity contribution in [3.8, 4) is 0 Å². The number of piperidine rings is 1. The van der Waals surface area contributed by atoms with Crippen LogP contribution in [0.25, 0.3) is 0 Å². The first-order valence-electron chi connectivity index (χ1n) is 9.09. The van der Waals surface area contributed by atoms with Crippen molar-refractivity contribution >= 4 is 40.6 Å². The summed E-state index contributed by atoms with van der Waals surface area (Å²) in [6.45, 7) is 2.36. The first kappa shape index (κ1) is 19.9. The quantitative estimate of drug-likeness (QED) is 0.695. The predicted molar refractivity (Wildman–Crippen MR) is 110 cm³/mol. The van der Waals surface area contributed by atoms with Crippen LogP contribution >= 0.6 is 23.2 Å². The molecule has 0 saturated carbocycles. The summed E-state index contributed by atoms with van der Waals surface area (Å²) in [7, 11) is 0. The molecule has 0 radical (unpaired) electrons. The number of nitrogens with zero attached hydrogens (tertiary/aromatic N) is 1. The Balaban J connectivity index is 1.41. The SMILES string of the molecule is O=C(CCN1CCC(C(=O)c2ccc(Cl)cc2)CC1)Nc1ccc(Cl)cc1. The van der Waals surface area contributed by atoms with Crippen molar-refractivity contribution in [3.05, 3.63) is 64.1 Å². The molecule has 4 nitrogen and oxygen atoms in total. The fraction of sp³-hybridized carbons (Fsp3) is 0.333. The van der Waals surface area contributed by atoms with E-state index in [1.165, 1.54) is 0 Å². The maximum Gasteiger partial charge on any atom is 0.225 e. The Morgan fingerprint density at radius 2 is 1.48 bits per heavy atom. The van der Waals surface area contributed by atoms with E-state index in [-0.39, 0.29) is 17.6 Å². The Kier molecular flexibility index (Phi) is 6.89. The van der Waals surface area contributed by atoms with Crippen molar-refractivity contribution in [2.75, 3.05) is 25.0 Å². The van der Waals surface area contributed by atoms with Gasteiger partial charge in [-0.05, 0) is 74.5 Å². The summed E-state index contributed by atoms with van der Waals surface area (Å²) in [6, 6.07) is 14.2. The van der Waals surface area contributed by atoms with Crippen LogP contribution in [0.3, 0.4) is 0 Å². The number of likely N-dealkylation sites (tertiary alicyclic amines) is 1. The van der Waals surface area contributed by atoms with E-state index in [0.29, 0.717) is 23.0 Å². The van der Waals surface area contributed by atoms with Crippen molar-refractivity contribution in [1.82, 2.24) is 4.90 Å². The van der Waals surface area contributed by atoms with Gasteiger partial charge in [0, 0.05) is 40.2 Å². The van der Waals surface area contributed by atoms with Crippen molar-refractivity contribution in [1.29, 1.82) is 0 Å². The highest BCUT2D eigenvalue weighted by Gasteiger charge is 2.25. The summed E-state index contributed by atoms with van der Waals surface area (Å²) in [6.07, 6.45) is 2.07. The Bertz CT molecular complexity index is 783. The maximum absolute atomic E-state index is 12.6. The van der Waals surface area contributed by atoms with Crippen LogP contribution in [0.4, 0.5) is 5.69 Å². The first-order chi connectivity index (χ1) is 13.0. The zero-order chi connectivity index (χ0) is 19.2. The van der Waals surface area contributed by atoms with E-state index in [1.54, 1.807) is 48.5 Å². The molecule has 27 heavy (non-hydrogen) atoms. The van der Waals surface area contributed by atoms with Gasteiger partial charge in [-0.1, -0.05) is 23.2 Å². The molecule has 2 aromatic rings. The number of halogens is 2. The topological polar surface area (TPSA) is 49.4 Å². The van der Waals surface area contributed by atoms with Gasteiger partial charge in [-0.25, -0.2) is 0 Å². The average Bonchev–Trinajstić information content (AvgIpc) is 2.69. The molecule has 0 atom stereocenters. The number of carbonyl (C=O) groups excluding carboxylic acids is 2. The normalized spacial score (nSPS) is 15.5. The number of nitrogens with one attached hydrogen (secondary N) is 1. The van der Waals surface area contributed by atoms with E-state index in [9.17, 15) is 9.59 Å². The highest BCUT2D eigenvalue weighted by molar-refractivity contribution is 6.31. The second-order valence-corrected chi connectivity index (χ2v) is 7.66. The minimum absolute atomic E-state index is 0.0170. The molecule has 6 heteroatoms. The smallest absolute Gasteiger partial charge is 0.225 e. The van der Waals surface area contributed by atoms with E-state index in [0.717, 1.165) is 37.2 Å². The molecule has 1 aliphatic heterocycles. The third-order valence-corrected chi connectivity index (χ3v) is 5.37. The molecule has 0 aromatic heterocycles. The molecule has 0 unspecified atom stereocenters. The number of rotatable bonds is 6. The molecule has 0 bridgehead atoms. The summed E-state index contributed by atoms with van der Waals surface area (Å²) in [5.41, 5.74) is 1.47. The highest BCUT2D eigenvalue weighted by Crippen LogP contribution is 2.23. The van der Waals surface area contributed by atoms with Gasteiger partial charge in [0.1, 0.15) is 0 Å². The van der Waals surface area contributed by atoms with Crippen molar-refractivity contribution in [2.45, 2.75) is 19.3 Å². The van der Waals surface area contributed by atoms with Gasteiger partial charge in [0.25, 0.3) is 0 Å². The molecular weight excluding hydrogens is 383 g/mol. The van der Waals surface area contributed by atoms with Crippen molar-refractivity contribution in [2.24, 2.45) is 5.92 Å². The highest BCUT2D eigenvalue weighted by atomic mass is 35.5. The van der Waals surface area contributed by atoms with Gasteiger partial charge in [-0.15, -0.1) is 0 Å². The van der Waals surface area contributed by atoms with E-state index in [1.807, 2.05) is 0 Å². The van der Waals surface area contributed by atoms with Crippen LogP contribution in [-0.4, -0.2) is 36.2 Å². The Labute approximate surface area is 169 Å². The molecule has 1 aliphatic rings. The molecule has 3 rings (SSSR count). The van der Waals surface area contributed by atoms with Crippen LogP contribution in [0.2, 0.25) is 10.0 Å². The zero-order valence-corrected chi connectivity index (χ0v) is 16.5. The monoisotopic (exact) mass is 404 g/mol. The van der Waals surface area contributed by atoms with Gasteiger partial charge in [-0.3, -0.25) is 9.59 Å². The molecule has 142 valence electrons. The number of anilines is 1. The summed E-state index contributed by atoms with van der Waals surface area (Å²) in [5.74, 6) is 0.216. The summed E-state index contributed by atoms with van der Waals surface area (Å²) < 4.78 is 0. The van der Waals surface area contributed by atoms with Gasteiger partial charge >= 0.3 is 0 Å². The third kappa shape index (κ3) is 5.80. The van der Waals surface area contributed by atoms with E-state index in [2.05, 4.69) is 10.2 Å². The number of carbonyl (C=O) groups is 2. The molecule has 2 aromatic carbocycles. The molecule has 0 aliphatic carbocycles. The van der Waals surface area contributed by atoms with Crippen LogP contribution in [0.5, 0.6) is 0 Å². The molecule has 1 N–H and O–H groups in total. The minimum atomic E-state index is -0.0170. The van der Waals surface area contributed by atoms with E-state index < -0.39 is 0 Å². The second-order valence-electron chi connectivity index (χ2n) is 6.79. The van der Waals surface area contributed by atoms with Crippen molar-refractivity contribution in [3.63, 3.8) is 0 Å². The number of hydrogen-bond donors (Lipinski definition) is 1. The number of amides is 1. The van der Waals surface area contributed by atoms with E-state index >= 15 is 0 Å². The Morgan fingerprint density at radius 3 is 2.07 bits per heavy atom. The summed E-state index contributed by atoms with van der Waals surface area (Å²) >= 11 is 11.7. The fourth-order valence-corrected chi connectivity index (χ4v) is 3.54. The first-order valence-corrected chi connectivity index (χ1v) is 9.84. The lowest BCUT2D eigenvalue weighted by molar-refractivity contribution is -0.116. The summed E-state index contributed by atoms with van der Waals surface area (Å²) in [4.78, 5) is 26.9. The van der Waals surface area contributed by atoms with Gasteiger partial charge in [0.15, 0.2) is 5.78 Å². The van der Waals surface area contributed by atoms with E-state index in [4.69, 9.17) is 23.2 Å². The molecule has 1 heterocycles. The second kappa shape index (κ2) is 9.36. The van der Waals surface area contributed by atoms with Gasteiger partial charge < -0.3 is 10.2 Å². The predicted octanol–water partition coefficient (Wildman–Crippen LogP) is 4.92. The minimum Gasteiger partial charge on any atom is -0.326 e. The molecular formula is C21H22Cl2N2O2. The largest absolute Gasteiger partial charge is 0.326 e. The van der Waals surface area contributed by atoms with Crippen LogP contribution < -0.4 is 5.32 Å². The van der Waals surface area contributed by atoms with Crippen molar-refractivity contribution < 1.29 is 9.59 Å². The maximum atomic E-state index is 12.6. The third-order valence-electron chi connectivity index (χ3n) is 4.87. The molecule has 1 amide bonds. The number of benzene rings is 2. The van der Waals surface area contributed by atoms with Crippen LogP contribution in [0.1, 0.15) is 29.6 Å². The molecule has 0 spiro atoms. The zero-order valence-electron chi connectivity index (χ0n) is 15.0. The number of hydrogen-bond acceptors (Lipinski definition) is 3. The average molecular weight is 405 g/mol. The molecule has 1 fully saturated rings. The van der Waals surface area contributed by atoms with Gasteiger partial charge in [0.05, 0.1) is 0 Å². The lowest BCUT2D eigenvalue weighted by atomic mass is 9.89. The Morgan fingerprint density at radius 1 is 0.926 bits per heavy atom. The Hall–Kier alpha value is -1.88. The molecule has 1 saturated heterocycles. The van der Waals surface area contributed by atoms with Gasteiger partial charge in [0.2, 0.25) is 5.91 Å². The number of Topliss-reactive ketones (excluding diaryl/α,β-unsaturated/α-hetero) is 1. The summed E-state index contributed by atoms with van der Waals surface area (Å²) in [5, 5.41) is 4.15. The lowest BCUT2D eigenvalue weighted by Crippen LogP contribution is -2.38. The van der Waals surface area contributed by atoms with Gasteiger partial charge in [-0.2, -0.15) is 0 Å².